The molecule has 3 aromatic carbocycles. The Labute approximate surface area is 213 Å². The molecule has 0 atom stereocenters. The number of aryl methyl sites for hydroxylation is 3. The lowest BCUT2D eigenvalue weighted by Crippen LogP contribution is -2.17. The average molecular weight is 496 g/mol. The van der Waals surface area contributed by atoms with Gasteiger partial charge in [0.1, 0.15) is 5.82 Å². The summed E-state index contributed by atoms with van der Waals surface area (Å²) >= 11 is 1.28. The zero-order valence-electron chi connectivity index (χ0n) is 20.2. The van der Waals surface area contributed by atoms with E-state index in [1.165, 1.54) is 17.3 Å². The molecule has 0 fully saturated rings. The van der Waals surface area contributed by atoms with Crippen molar-refractivity contribution in [3.8, 4) is 22.6 Å². The maximum atomic E-state index is 13.0. The lowest BCUT2D eigenvalue weighted by molar-refractivity contribution is -0.113. The Morgan fingerprint density at radius 1 is 0.889 bits per heavy atom. The summed E-state index contributed by atoms with van der Waals surface area (Å²) in [6, 6.07) is 25.9. The SMILES string of the molecule is Cc1ccc(-c2cc(NC(=O)CSc3nnnn3-c3ccc(C)cc3C)n(-c3ccccc3)n2)cc1. The predicted octanol–water partition coefficient (Wildman–Crippen LogP) is 5.17. The summed E-state index contributed by atoms with van der Waals surface area (Å²) in [5.41, 5.74) is 6.90. The van der Waals surface area contributed by atoms with Crippen molar-refractivity contribution in [2.24, 2.45) is 0 Å². The van der Waals surface area contributed by atoms with Crippen molar-refractivity contribution in [1.29, 1.82) is 0 Å². The highest BCUT2D eigenvalue weighted by atomic mass is 32.2. The fraction of sp³-hybridized carbons (Fsp3) is 0.148. The van der Waals surface area contributed by atoms with E-state index in [1.54, 1.807) is 9.36 Å². The quantitative estimate of drug-likeness (QED) is 0.313. The van der Waals surface area contributed by atoms with Gasteiger partial charge in [-0.3, -0.25) is 4.79 Å². The topological polar surface area (TPSA) is 90.5 Å². The van der Waals surface area contributed by atoms with Crippen LogP contribution in [0.25, 0.3) is 22.6 Å². The maximum Gasteiger partial charge on any atom is 0.236 e. The van der Waals surface area contributed by atoms with Crippen LogP contribution in [0.2, 0.25) is 0 Å². The van der Waals surface area contributed by atoms with Crippen molar-refractivity contribution >= 4 is 23.5 Å². The standard InChI is InChI=1S/C27H25N7OS/c1-18-9-12-21(13-10-18)23-16-25(33(30-23)22-7-5-4-6-8-22)28-26(35)17-36-27-29-31-32-34(27)24-14-11-19(2)15-20(24)3/h4-16H,17H2,1-3H3,(H,28,35). The first kappa shape index (κ1) is 23.5. The van der Waals surface area contributed by atoms with Crippen LogP contribution in [-0.4, -0.2) is 41.6 Å². The molecule has 0 saturated carbocycles. The van der Waals surface area contributed by atoms with Crippen molar-refractivity contribution < 1.29 is 4.79 Å². The fourth-order valence-corrected chi connectivity index (χ4v) is 4.56. The van der Waals surface area contributed by atoms with Gasteiger partial charge in [-0.1, -0.05) is 77.5 Å². The van der Waals surface area contributed by atoms with E-state index < -0.39 is 0 Å². The van der Waals surface area contributed by atoms with Gasteiger partial charge in [-0.2, -0.15) is 9.78 Å². The molecule has 1 N–H and O–H groups in total. The van der Waals surface area contributed by atoms with Crippen LogP contribution in [0.5, 0.6) is 0 Å². The second-order valence-corrected chi connectivity index (χ2v) is 9.47. The molecule has 0 radical (unpaired) electrons. The van der Waals surface area contributed by atoms with Crippen molar-refractivity contribution in [2.75, 3.05) is 11.1 Å². The van der Waals surface area contributed by atoms with Crippen molar-refractivity contribution in [3.05, 3.63) is 95.6 Å². The van der Waals surface area contributed by atoms with Gasteiger partial charge in [-0.05, 0) is 55.0 Å². The molecule has 180 valence electrons. The van der Waals surface area contributed by atoms with Gasteiger partial charge in [0.2, 0.25) is 11.1 Å². The third-order valence-electron chi connectivity index (χ3n) is 5.68. The average Bonchev–Trinajstić information content (AvgIpc) is 3.51. The number of carbonyl (C=O) groups excluding carboxylic acids is 1. The van der Waals surface area contributed by atoms with Crippen molar-refractivity contribution in [1.82, 2.24) is 30.0 Å². The van der Waals surface area contributed by atoms with E-state index in [-0.39, 0.29) is 11.7 Å². The summed E-state index contributed by atoms with van der Waals surface area (Å²) in [4.78, 5) is 13.0. The molecule has 0 aliphatic carbocycles. The Kier molecular flexibility index (Phi) is 6.64. The number of para-hydroxylation sites is 1. The van der Waals surface area contributed by atoms with Crippen LogP contribution in [-0.2, 0) is 4.79 Å². The number of thioether (sulfide) groups is 1. The summed E-state index contributed by atoms with van der Waals surface area (Å²) in [5, 5.41) is 20.4. The summed E-state index contributed by atoms with van der Waals surface area (Å²) < 4.78 is 3.41. The predicted molar refractivity (Wildman–Crippen MR) is 142 cm³/mol. The first-order valence-electron chi connectivity index (χ1n) is 11.5. The second kappa shape index (κ2) is 10.2. The van der Waals surface area contributed by atoms with Crippen LogP contribution in [0.1, 0.15) is 16.7 Å². The Bertz CT molecular complexity index is 1510. The maximum absolute atomic E-state index is 13.0. The van der Waals surface area contributed by atoms with E-state index in [2.05, 4.69) is 26.9 Å². The number of nitrogens with zero attached hydrogens (tertiary/aromatic N) is 6. The molecular formula is C27H25N7OS. The molecule has 0 bridgehead atoms. The molecule has 9 heteroatoms. The number of anilines is 1. The highest BCUT2D eigenvalue weighted by molar-refractivity contribution is 7.99. The first-order valence-corrected chi connectivity index (χ1v) is 12.5. The number of rotatable bonds is 7. The molecule has 1 amide bonds. The highest BCUT2D eigenvalue weighted by Gasteiger charge is 2.16. The molecule has 5 rings (SSSR count). The zero-order valence-corrected chi connectivity index (χ0v) is 21.0. The molecule has 36 heavy (non-hydrogen) atoms. The lowest BCUT2D eigenvalue weighted by Gasteiger charge is -2.10. The van der Waals surface area contributed by atoms with Crippen LogP contribution in [0.15, 0.2) is 84.0 Å². The molecule has 0 unspecified atom stereocenters. The Morgan fingerprint density at radius 3 is 2.39 bits per heavy atom. The molecule has 0 saturated heterocycles. The number of hydrogen-bond donors (Lipinski definition) is 1. The van der Waals surface area contributed by atoms with Gasteiger partial charge in [0, 0.05) is 11.6 Å². The zero-order chi connectivity index (χ0) is 25.1. The van der Waals surface area contributed by atoms with Crippen LogP contribution in [0, 0.1) is 20.8 Å². The summed E-state index contributed by atoms with van der Waals surface area (Å²) in [7, 11) is 0. The molecule has 0 aliphatic heterocycles. The summed E-state index contributed by atoms with van der Waals surface area (Å²) in [5.74, 6) is 0.560. The Balaban J connectivity index is 1.36. The van der Waals surface area contributed by atoms with E-state index in [1.807, 2.05) is 93.6 Å². The smallest absolute Gasteiger partial charge is 0.236 e. The van der Waals surface area contributed by atoms with E-state index in [9.17, 15) is 4.79 Å². The molecule has 8 nitrogen and oxygen atoms in total. The largest absolute Gasteiger partial charge is 0.310 e. The summed E-state index contributed by atoms with van der Waals surface area (Å²) in [6.45, 7) is 6.11. The van der Waals surface area contributed by atoms with Crippen LogP contribution >= 0.6 is 11.8 Å². The van der Waals surface area contributed by atoms with Crippen molar-refractivity contribution in [3.63, 3.8) is 0 Å². The Hall–Kier alpha value is -4.24. The third kappa shape index (κ3) is 5.06. The highest BCUT2D eigenvalue weighted by Crippen LogP contribution is 2.26. The number of carbonyl (C=O) groups is 1. The fourth-order valence-electron chi connectivity index (χ4n) is 3.87. The number of benzene rings is 3. The van der Waals surface area contributed by atoms with Gasteiger partial charge in [-0.15, -0.1) is 5.10 Å². The minimum atomic E-state index is -0.178. The van der Waals surface area contributed by atoms with Gasteiger partial charge in [0.25, 0.3) is 0 Å². The van der Waals surface area contributed by atoms with Gasteiger partial charge in [0.15, 0.2) is 0 Å². The summed E-state index contributed by atoms with van der Waals surface area (Å²) in [6.07, 6.45) is 0. The molecule has 0 aliphatic rings. The minimum Gasteiger partial charge on any atom is -0.310 e. The minimum absolute atomic E-state index is 0.144. The van der Waals surface area contributed by atoms with Gasteiger partial charge < -0.3 is 5.32 Å². The van der Waals surface area contributed by atoms with E-state index in [4.69, 9.17) is 5.10 Å². The van der Waals surface area contributed by atoms with Gasteiger partial charge in [0.05, 0.1) is 22.8 Å². The van der Waals surface area contributed by atoms with E-state index >= 15 is 0 Å². The number of aromatic nitrogens is 6. The number of hydrogen-bond acceptors (Lipinski definition) is 6. The van der Waals surface area contributed by atoms with Gasteiger partial charge in [-0.25, -0.2) is 4.68 Å². The lowest BCUT2D eigenvalue weighted by atomic mass is 10.1. The van der Waals surface area contributed by atoms with Crippen LogP contribution in [0.4, 0.5) is 5.82 Å². The van der Waals surface area contributed by atoms with E-state index in [0.717, 1.165) is 33.8 Å². The normalized spacial score (nSPS) is 11.0. The Morgan fingerprint density at radius 2 is 1.64 bits per heavy atom. The number of tetrazole rings is 1. The first-order chi connectivity index (χ1) is 17.5. The van der Waals surface area contributed by atoms with Crippen molar-refractivity contribution in [2.45, 2.75) is 25.9 Å². The molecule has 5 aromatic rings. The van der Waals surface area contributed by atoms with Crippen LogP contribution in [0.3, 0.4) is 0 Å². The third-order valence-corrected chi connectivity index (χ3v) is 6.60. The molecular weight excluding hydrogens is 470 g/mol. The number of nitrogens with one attached hydrogen (secondary N) is 1. The monoisotopic (exact) mass is 495 g/mol. The number of amides is 1. The molecule has 2 heterocycles. The molecule has 2 aromatic heterocycles. The second-order valence-electron chi connectivity index (χ2n) is 8.53. The van der Waals surface area contributed by atoms with Crippen LogP contribution < -0.4 is 5.32 Å². The van der Waals surface area contributed by atoms with Gasteiger partial charge >= 0.3 is 0 Å². The molecule has 0 spiro atoms. The van der Waals surface area contributed by atoms with E-state index in [0.29, 0.717) is 11.0 Å².